The van der Waals surface area contributed by atoms with E-state index in [1.807, 2.05) is 0 Å². The van der Waals surface area contributed by atoms with Gasteiger partial charge in [-0.2, -0.15) is 0 Å². The summed E-state index contributed by atoms with van der Waals surface area (Å²) in [6.45, 7) is 5.60. The number of hydrogen-bond donors (Lipinski definition) is 1. The van der Waals surface area contributed by atoms with Crippen LogP contribution in [0.1, 0.15) is 122 Å². The second-order valence-corrected chi connectivity index (χ2v) is 10.9. The van der Waals surface area contributed by atoms with Crippen LogP contribution >= 0.6 is 0 Å². The second-order valence-electron chi connectivity index (χ2n) is 8.34. The van der Waals surface area contributed by atoms with Gasteiger partial charge < -0.3 is 10.2 Å². The van der Waals surface area contributed by atoms with E-state index in [0.717, 1.165) is 13.0 Å². The molecule has 1 rings (SSSR count). The number of unbranched alkanes of at least 4 members (excludes halogenated alkanes) is 14. The molecule has 0 saturated carbocycles. The molecular weight excluding hydrogens is 350 g/mol. The van der Waals surface area contributed by atoms with Crippen molar-refractivity contribution < 1.29 is 9.22 Å². The molecule has 1 saturated heterocycles. The molecule has 4 heteroatoms. The van der Waals surface area contributed by atoms with Gasteiger partial charge in [0.2, 0.25) is 5.91 Å². The lowest BCUT2D eigenvalue weighted by Gasteiger charge is -2.16. The van der Waals surface area contributed by atoms with Crippen LogP contribution in [0.2, 0.25) is 12.6 Å². The third-order valence-corrected chi connectivity index (χ3v) is 7.46. The van der Waals surface area contributed by atoms with Gasteiger partial charge in [-0.25, -0.2) is 0 Å². The molecule has 0 aromatic rings. The SMILES string of the molecule is CCCCCCCCCCCCCCCCCC(N)=O.C[SiH]1CCCCO1. The molecule has 3 nitrogen and oxygen atoms in total. The molecule has 0 aromatic heterocycles. The van der Waals surface area contributed by atoms with Crippen LogP contribution in [0.3, 0.4) is 0 Å². The molecule has 1 fully saturated rings. The Bertz CT molecular complexity index is 307. The zero-order valence-electron chi connectivity index (χ0n) is 18.6. The number of nitrogens with two attached hydrogens (primary N) is 1. The molecular formula is C23H49NO2Si. The molecule has 1 amide bonds. The summed E-state index contributed by atoms with van der Waals surface area (Å²) in [6.07, 6.45) is 23.6. The van der Waals surface area contributed by atoms with Crippen molar-refractivity contribution in [2.24, 2.45) is 5.73 Å². The monoisotopic (exact) mass is 399 g/mol. The van der Waals surface area contributed by atoms with Gasteiger partial charge >= 0.3 is 0 Å². The smallest absolute Gasteiger partial charge is 0.217 e. The lowest BCUT2D eigenvalue weighted by molar-refractivity contribution is -0.118. The average molecular weight is 400 g/mol. The maximum Gasteiger partial charge on any atom is 0.217 e. The Labute approximate surface area is 171 Å². The normalized spacial score (nSPS) is 16.6. The van der Waals surface area contributed by atoms with Crippen molar-refractivity contribution in [1.29, 1.82) is 0 Å². The van der Waals surface area contributed by atoms with Gasteiger partial charge in [0.1, 0.15) is 0 Å². The molecule has 0 aromatic carbocycles. The Morgan fingerprint density at radius 3 is 1.52 bits per heavy atom. The highest BCUT2D eigenvalue weighted by atomic mass is 28.3. The average Bonchev–Trinajstić information content (AvgIpc) is 2.66. The summed E-state index contributed by atoms with van der Waals surface area (Å²) in [7, 11) is -0.595. The Hall–Kier alpha value is -0.353. The van der Waals surface area contributed by atoms with Gasteiger partial charge in [-0.3, -0.25) is 4.79 Å². The molecule has 2 N–H and O–H groups in total. The van der Waals surface area contributed by atoms with Gasteiger partial charge in [-0.05, 0) is 25.4 Å². The second kappa shape index (κ2) is 21.9. The highest BCUT2D eigenvalue weighted by molar-refractivity contribution is 6.50. The van der Waals surface area contributed by atoms with E-state index in [1.165, 1.54) is 109 Å². The summed E-state index contributed by atoms with van der Waals surface area (Å²) in [5, 5.41) is 0. The van der Waals surface area contributed by atoms with E-state index in [0.29, 0.717) is 6.42 Å². The standard InChI is InChI=1S/C18H37NO.C5H12OSi/c1-2-3-4-5-6-7-8-9-10-11-12-13-14-15-16-17-18(19)20;1-7-5-3-2-4-6-7/h2-17H2,1H3,(H2,19,20);7H,2-5H2,1H3. The van der Waals surface area contributed by atoms with Crippen LogP contribution in [0, 0.1) is 0 Å². The first-order chi connectivity index (χ1) is 13.2. The van der Waals surface area contributed by atoms with E-state index in [9.17, 15) is 4.79 Å². The number of amides is 1. The molecule has 0 radical (unpaired) electrons. The minimum absolute atomic E-state index is 0.153. The number of carbonyl (C=O) groups is 1. The first-order valence-electron chi connectivity index (χ1n) is 12.1. The fourth-order valence-electron chi connectivity index (χ4n) is 3.57. The fraction of sp³-hybridized carbons (Fsp3) is 0.957. The Morgan fingerprint density at radius 1 is 0.778 bits per heavy atom. The predicted molar refractivity (Wildman–Crippen MR) is 122 cm³/mol. The number of carbonyl (C=O) groups excluding carboxylic acids is 1. The molecule has 1 aliphatic rings. The highest BCUT2D eigenvalue weighted by Gasteiger charge is 2.08. The lowest BCUT2D eigenvalue weighted by atomic mass is 10.0. The summed E-state index contributed by atoms with van der Waals surface area (Å²) in [5.74, 6) is -0.153. The van der Waals surface area contributed by atoms with E-state index < -0.39 is 9.04 Å². The number of rotatable bonds is 16. The van der Waals surface area contributed by atoms with Crippen LogP contribution in [0.15, 0.2) is 0 Å². The maximum atomic E-state index is 10.6. The van der Waals surface area contributed by atoms with Crippen LogP contribution in [-0.2, 0) is 9.22 Å². The van der Waals surface area contributed by atoms with Crippen LogP contribution in [-0.4, -0.2) is 21.6 Å². The summed E-state index contributed by atoms with van der Waals surface area (Å²) in [6, 6.07) is 1.40. The molecule has 27 heavy (non-hydrogen) atoms. The van der Waals surface area contributed by atoms with Gasteiger partial charge in [0, 0.05) is 13.0 Å². The third-order valence-electron chi connectivity index (χ3n) is 5.43. The van der Waals surface area contributed by atoms with Gasteiger partial charge in [0.15, 0.2) is 9.04 Å². The van der Waals surface area contributed by atoms with Crippen LogP contribution in [0.5, 0.6) is 0 Å². The number of hydrogen-bond acceptors (Lipinski definition) is 2. The van der Waals surface area contributed by atoms with Crippen molar-refractivity contribution in [3.8, 4) is 0 Å². The Balaban J connectivity index is 0.000000797. The van der Waals surface area contributed by atoms with Gasteiger partial charge in [0.25, 0.3) is 0 Å². The maximum absolute atomic E-state index is 10.6. The zero-order chi connectivity index (χ0) is 20.0. The van der Waals surface area contributed by atoms with Crippen LogP contribution in [0.4, 0.5) is 0 Å². The van der Waals surface area contributed by atoms with E-state index in [4.69, 9.17) is 10.2 Å². The lowest BCUT2D eigenvalue weighted by Crippen LogP contribution is -2.18. The quantitative estimate of drug-likeness (QED) is 0.227. The van der Waals surface area contributed by atoms with Gasteiger partial charge in [0.05, 0.1) is 0 Å². The zero-order valence-corrected chi connectivity index (χ0v) is 19.8. The first kappa shape index (κ1) is 26.6. The predicted octanol–water partition coefficient (Wildman–Crippen LogP) is 6.88. The Kier molecular flexibility index (Phi) is 21.7. The minimum atomic E-state index is -0.595. The van der Waals surface area contributed by atoms with Crippen LogP contribution in [0.25, 0.3) is 0 Å². The largest absolute Gasteiger partial charge is 0.420 e. The highest BCUT2D eigenvalue weighted by Crippen LogP contribution is 2.13. The van der Waals surface area contributed by atoms with Crippen molar-refractivity contribution in [1.82, 2.24) is 0 Å². The third kappa shape index (κ3) is 23.6. The molecule has 0 aliphatic carbocycles. The summed E-state index contributed by atoms with van der Waals surface area (Å²) < 4.78 is 5.42. The van der Waals surface area contributed by atoms with E-state index >= 15 is 0 Å². The molecule has 0 spiro atoms. The van der Waals surface area contributed by atoms with E-state index in [2.05, 4.69) is 13.5 Å². The van der Waals surface area contributed by atoms with Crippen molar-refractivity contribution in [2.75, 3.05) is 6.61 Å². The van der Waals surface area contributed by atoms with Gasteiger partial charge in [-0.1, -0.05) is 103 Å². The molecule has 1 aliphatic heterocycles. The molecule has 1 heterocycles. The molecule has 1 atom stereocenters. The summed E-state index contributed by atoms with van der Waals surface area (Å²) in [5.41, 5.74) is 5.11. The van der Waals surface area contributed by atoms with Crippen molar-refractivity contribution in [2.45, 2.75) is 135 Å². The van der Waals surface area contributed by atoms with Crippen molar-refractivity contribution in [3.05, 3.63) is 0 Å². The molecule has 0 bridgehead atoms. The van der Waals surface area contributed by atoms with E-state index in [1.54, 1.807) is 0 Å². The fourth-order valence-corrected chi connectivity index (χ4v) is 5.17. The first-order valence-corrected chi connectivity index (χ1v) is 14.5. The minimum Gasteiger partial charge on any atom is -0.420 e. The summed E-state index contributed by atoms with van der Waals surface area (Å²) >= 11 is 0. The molecule has 162 valence electrons. The van der Waals surface area contributed by atoms with Crippen molar-refractivity contribution >= 4 is 14.9 Å². The van der Waals surface area contributed by atoms with Gasteiger partial charge in [-0.15, -0.1) is 0 Å². The molecule has 1 unspecified atom stereocenters. The number of primary amides is 1. The topological polar surface area (TPSA) is 52.3 Å². The Morgan fingerprint density at radius 2 is 1.22 bits per heavy atom. The van der Waals surface area contributed by atoms with Crippen LogP contribution < -0.4 is 5.73 Å². The van der Waals surface area contributed by atoms with Crippen molar-refractivity contribution in [3.63, 3.8) is 0 Å². The van der Waals surface area contributed by atoms with E-state index in [-0.39, 0.29) is 5.91 Å². The summed E-state index contributed by atoms with van der Waals surface area (Å²) in [4.78, 5) is 10.6.